The number of sulfonamides is 1. The second-order valence-electron chi connectivity index (χ2n) is 5.74. The molecule has 142 valence electrons. The Kier molecular flexibility index (Phi) is 5.36. The van der Waals surface area contributed by atoms with Crippen LogP contribution in [0.3, 0.4) is 0 Å². The smallest absolute Gasteiger partial charge is 0.314 e. The van der Waals surface area contributed by atoms with Crippen molar-refractivity contribution in [2.45, 2.75) is 4.90 Å². The summed E-state index contributed by atoms with van der Waals surface area (Å²) in [5, 5.41) is 0.581. The molecule has 0 unspecified atom stereocenters. The molecule has 3 rings (SSSR count). The minimum Gasteiger partial charge on any atom is -0.492 e. The number of fused-ring (bicyclic) bond motifs is 1. The summed E-state index contributed by atoms with van der Waals surface area (Å²) in [6.45, 7) is 0.264. The van der Waals surface area contributed by atoms with Gasteiger partial charge in [0.05, 0.1) is 15.9 Å². The molecule has 8 nitrogen and oxygen atoms in total. The van der Waals surface area contributed by atoms with Gasteiger partial charge in [0.25, 0.3) is 0 Å². The Morgan fingerprint density at radius 3 is 2.30 bits per heavy atom. The quantitative estimate of drug-likeness (QED) is 0.600. The summed E-state index contributed by atoms with van der Waals surface area (Å²) in [6, 6.07) is 10.8. The molecular weight excluding hydrogens is 394 g/mol. The molecule has 0 fully saturated rings. The molecule has 0 saturated carbocycles. The van der Waals surface area contributed by atoms with E-state index in [1.54, 1.807) is 24.3 Å². The second-order valence-corrected chi connectivity index (χ2v) is 8.23. The Labute approximate surface area is 159 Å². The molecule has 27 heavy (non-hydrogen) atoms. The van der Waals surface area contributed by atoms with E-state index in [9.17, 15) is 18.0 Å². The number of hydrogen-bond acceptors (Lipinski definition) is 5. The number of nitrogens with zero attached hydrogens (tertiary/aromatic N) is 1. The van der Waals surface area contributed by atoms with Gasteiger partial charge in [-0.05, 0) is 42.5 Å². The molecule has 0 aliphatic carbocycles. The molecule has 0 aliphatic heterocycles. The van der Waals surface area contributed by atoms with E-state index in [0.29, 0.717) is 16.3 Å². The highest BCUT2D eigenvalue weighted by Crippen LogP contribution is 2.19. The largest absolute Gasteiger partial charge is 0.492 e. The lowest BCUT2D eigenvalue weighted by Crippen LogP contribution is -2.31. The molecule has 0 bridgehead atoms. The minimum absolute atomic E-state index is 0.00769. The molecule has 10 heteroatoms. The lowest BCUT2D eigenvalue weighted by Gasteiger charge is -2.17. The standard InChI is InChI=1S/C17H16ClN3O5S/c1-21(8-9-26-12-4-2-11(18)3-5-12)27(24,25)13-6-7-14-15(10-13)20-17(23)16(22)19-14/h2-7,10H,8-9H2,1H3,(H,19,22)(H,20,23). The molecule has 0 radical (unpaired) electrons. The minimum atomic E-state index is -3.80. The van der Waals surface area contributed by atoms with Gasteiger partial charge in [-0.2, -0.15) is 4.31 Å². The summed E-state index contributed by atoms with van der Waals surface area (Å²) < 4.78 is 32.1. The van der Waals surface area contributed by atoms with E-state index < -0.39 is 21.1 Å². The van der Waals surface area contributed by atoms with E-state index in [0.717, 1.165) is 4.31 Å². The summed E-state index contributed by atoms with van der Waals surface area (Å²) in [7, 11) is -2.37. The summed E-state index contributed by atoms with van der Waals surface area (Å²) in [5.74, 6) is 0.581. The van der Waals surface area contributed by atoms with Crippen LogP contribution >= 0.6 is 11.6 Å². The van der Waals surface area contributed by atoms with Gasteiger partial charge in [-0.1, -0.05) is 11.6 Å². The van der Waals surface area contributed by atoms with Crippen molar-refractivity contribution in [1.29, 1.82) is 0 Å². The molecule has 0 saturated heterocycles. The molecule has 0 amide bonds. The Balaban J connectivity index is 1.75. The normalized spacial score (nSPS) is 11.8. The van der Waals surface area contributed by atoms with Crippen LogP contribution in [0.25, 0.3) is 11.0 Å². The number of likely N-dealkylation sites (N-methyl/N-ethyl adjacent to an activating group) is 1. The SMILES string of the molecule is CN(CCOc1ccc(Cl)cc1)S(=O)(=O)c1ccc2[nH]c(=O)c(=O)[nH]c2c1. The predicted octanol–water partition coefficient (Wildman–Crippen LogP) is 1.57. The number of benzene rings is 2. The van der Waals surface area contributed by atoms with Gasteiger partial charge in [0.15, 0.2) is 0 Å². The van der Waals surface area contributed by atoms with Crippen LogP contribution in [-0.2, 0) is 10.0 Å². The highest BCUT2D eigenvalue weighted by Gasteiger charge is 2.21. The number of nitrogens with one attached hydrogen (secondary N) is 2. The third-order valence-corrected chi connectivity index (χ3v) is 6.00. The van der Waals surface area contributed by atoms with Crippen LogP contribution < -0.4 is 15.9 Å². The van der Waals surface area contributed by atoms with Crippen molar-refractivity contribution in [3.8, 4) is 5.75 Å². The van der Waals surface area contributed by atoms with E-state index in [4.69, 9.17) is 16.3 Å². The maximum atomic E-state index is 12.7. The highest BCUT2D eigenvalue weighted by atomic mass is 35.5. The van der Waals surface area contributed by atoms with Crippen molar-refractivity contribution in [3.63, 3.8) is 0 Å². The van der Waals surface area contributed by atoms with E-state index in [-0.39, 0.29) is 23.6 Å². The van der Waals surface area contributed by atoms with Gasteiger partial charge >= 0.3 is 11.1 Å². The predicted molar refractivity (Wildman–Crippen MR) is 102 cm³/mol. The van der Waals surface area contributed by atoms with E-state index in [2.05, 4.69) is 9.97 Å². The molecule has 0 spiro atoms. The number of H-pyrrole nitrogens is 2. The van der Waals surface area contributed by atoms with Crippen LogP contribution in [-0.4, -0.2) is 42.9 Å². The van der Waals surface area contributed by atoms with Crippen LogP contribution in [0, 0.1) is 0 Å². The number of rotatable bonds is 6. The van der Waals surface area contributed by atoms with Crippen molar-refractivity contribution < 1.29 is 13.2 Å². The number of ether oxygens (including phenoxy) is 1. The molecular formula is C17H16ClN3O5S. The van der Waals surface area contributed by atoms with Gasteiger partial charge < -0.3 is 14.7 Å². The molecule has 3 aromatic rings. The van der Waals surface area contributed by atoms with E-state index >= 15 is 0 Å². The molecule has 2 aromatic carbocycles. The Hall–Kier alpha value is -2.62. The van der Waals surface area contributed by atoms with Crippen LogP contribution in [0.5, 0.6) is 5.75 Å². The van der Waals surface area contributed by atoms with E-state index in [1.807, 2.05) is 0 Å². The van der Waals surface area contributed by atoms with Gasteiger partial charge in [-0.15, -0.1) is 0 Å². The van der Waals surface area contributed by atoms with Crippen molar-refractivity contribution >= 4 is 32.7 Å². The first-order chi connectivity index (χ1) is 12.8. The second kappa shape index (κ2) is 7.55. The zero-order valence-electron chi connectivity index (χ0n) is 14.2. The number of aromatic nitrogens is 2. The molecule has 0 aliphatic rings. The molecule has 2 N–H and O–H groups in total. The van der Waals surface area contributed by atoms with Crippen molar-refractivity contribution in [1.82, 2.24) is 14.3 Å². The average Bonchev–Trinajstić information content (AvgIpc) is 2.63. The number of halogens is 1. The number of aromatic amines is 2. The lowest BCUT2D eigenvalue weighted by molar-refractivity contribution is 0.287. The van der Waals surface area contributed by atoms with Crippen LogP contribution in [0.15, 0.2) is 56.9 Å². The van der Waals surface area contributed by atoms with Crippen molar-refractivity contribution in [2.24, 2.45) is 0 Å². The Morgan fingerprint density at radius 1 is 1.00 bits per heavy atom. The topological polar surface area (TPSA) is 112 Å². The van der Waals surface area contributed by atoms with Gasteiger partial charge in [-0.3, -0.25) is 9.59 Å². The van der Waals surface area contributed by atoms with Gasteiger partial charge in [0.1, 0.15) is 12.4 Å². The fraction of sp³-hybridized carbons (Fsp3) is 0.176. The summed E-state index contributed by atoms with van der Waals surface area (Å²) in [6.07, 6.45) is 0. The van der Waals surface area contributed by atoms with Crippen LogP contribution in [0.2, 0.25) is 5.02 Å². The average molecular weight is 410 g/mol. The number of hydrogen-bond donors (Lipinski definition) is 2. The third-order valence-electron chi connectivity index (χ3n) is 3.89. The highest BCUT2D eigenvalue weighted by molar-refractivity contribution is 7.89. The fourth-order valence-electron chi connectivity index (χ4n) is 2.38. The summed E-state index contributed by atoms with van der Waals surface area (Å²) >= 11 is 5.80. The van der Waals surface area contributed by atoms with Crippen molar-refractivity contribution in [2.75, 3.05) is 20.2 Å². The van der Waals surface area contributed by atoms with Crippen LogP contribution in [0.4, 0.5) is 0 Å². The Morgan fingerprint density at radius 2 is 1.63 bits per heavy atom. The molecule has 1 aromatic heterocycles. The lowest BCUT2D eigenvalue weighted by atomic mass is 10.3. The van der Waals surface area contributed by atoms with Gasteiger partial charge in [0.2, 0.25) is 10.0 Å². The Bertz CT molecular complexity index is 1190. The van der Waals surface area contributed by atoms with E-state index in [1.165, 1.54) is 25.2 Å². The maximum Gasteiger partial charge on any atom is 0.314 e. The first kappa shape index (κ1) is 19.2. The fourth-order valence-corrected chi connectivity index (χ4v) is 3.68. The molecule has 1 heterocycles. The summed E-state index contributed by atoms with van der Waals surface area (Å²) in [4.78, 5) is 27.5. The molecule has 0 atom stereocenters. The first-order valence-electron chi connectivity index (χ1n) is 7.88. The van der Waals surface area contributed by atoms with Gasteiger partial charge in [-0.25, -0.2) is 8.42 Å². The van der Waals surface area contributed by atoms with Gasteiger partial charge in [0, 0.05) is 18.6 Å². The zero-order valence-corrected chi connectivity index (χ0v) is 15.8. The monoisotopic (exact) mass is 409 g/mol. The summed E-state index contributed by atoms with van der Waals surface area (Å²) in [5.41, 5.74) is -1.07. The first-order valence-corrected chi connectivity index (χ1v) is 9.70. The zero-order chi connectivity index (χ0) is 19.6. The van der Waals surface area contributed by atoms with Crippen LogP contribution in [0.1, 0.15) is 0 Å². The maximum absolute atomic E-state index is 12.7. The third kappa shape index (κ3) is 4.21. The van der Waals surface area contributed by atoms with Crippen molar-refractivity contribution in [3.05, 3.63) is 68.2 Å².